The van der Waals surface area contributed by atoms with Gasteiger partial charge in [0.15, 0.2) is 0 Å². The van der Waals surface area contributed by atoms with Gasteiger partial charge in [-0.25, -0.2) is 4.98 Å². The molecule has 124 valence electrons. The quantitative estimate of drug-likeness (QED) is 0.846. The first-order valence-corrected chi connectivity index (χ1v) is 7.36. The Morgan fingerprint density at radius 3 is 2.33 bits per heavy atom. The van der Waals surface area contributed by atoms with E-state index in [-0.39, 0.29) is 11.3 Å². The van der Waals surface area contributed by atoms with Gasteiger partial charge in [-0.3, -0.25) is 4.98 Å². The minimum Gasteiger partial charge on any atom is -0.367 e. The van der Waals surface area contributed by atoms with Crippen LogP contribution in [0.2, 0.25) is 0 Å². The summed E-state index contributed by atoms with van der Waals surface area (Å²) in [6, 6.07) is 5.45. The van der Waals surface area contributed by atoms with E-state index in [1.807, 2.05) is 4.90 Å². The number of alkyl halides is 3. The predicted octanol–water partition coefficient (Wildman–Crippen LogP) is 2.69. The maximum atomic E-state index is 13.3. The molecular weight excluding hydrogens is 319 g/mol. The summed E-state index contributed by atoms with van der Waals surface area (Å²) in [6.07, 6.45) is 0.304. The van der Waals surface area contributed by atoms with Gasteiger partial charge in [0.05, 0.1) is 23.4 Å². The van der Waals surface area contributed by atoms with Crippen LogP contribution in [0.25, 0.3) is 0 Å². The molecule has 0 saturated carbocycles. The highest BCUT2D eigenvalue weighted by atomic mass is 19.4. The number of benzene rings is 1. The summed E-state index contributed by atoms with van der Waals surface area (Å²) < 4.78 is 39.9. The lowest BCUT2D eigenvalue weighted by Gasteiger charge is -2.37. The molecule has 8 heteroatoms. The van der Waals surface area contributed by atoms with E-state index in [4.69, 9.17) is 5.26 Å². The Balaban J connectivity index is 1.81. The molecule has 2 heterocycles. The number of piperazine rings is 1. The highest BCUT2D eigenvalue weighted by Gasteiger charge is 2.36. The van der Waals surface area contributed by atoms with Crippen LogP contribution in [0.4, 0.5) is 24.7 Å². The average Bonchev–Trinajstić information content (AvgIpc) is 2.61. The standard InChI is InChI=1S/C16H14F3N5/c17-16(18,19)13-9-12(10-20)1-2-14(13)23-5-7-24(8-6-23)15-11-21-3-4-22-15/h1-4,9,11H,5-8H2. The van der Waals surface area contributed by atoms with Gasteiger partial charge >= 0.3 is 6.18 Å². The van der Waals surface area contributed by atoms with Gasteiger partial charge in [-0.05, 0) is 18.2 Å². The number of hydrogen-bond acceptors (Lipinski definition) is 5. The topological polar surface area (TPSA) is 56.1 Å². The number of nitrogens with zero attached hydrogens (tertiary/aromatic N) is 5. The molecule has 0 aliphatic carbocycles. The zero-order valence-electron chi connectivity index (χ0n) is 12.7. The fourth-order valence-corrected chi connectivity index (χ4v) is 2.74. The third-order valence-electron chi connectivity index (χ3n) is 3.92. The first kappa shape index (κ1) is 16.1. The normalized spacial score (nSPS) is 15.2. The van der Waals surface area contributed by atoms with E-state index in [0.717, 1.165) is 6.07 Å². The van der Waals surface area contributed by atoms with Crippen molar-refractivity contribution in [3.63, 3.8) is 0 Å². The molecule has 0 bridgehead atoms. The van der Waals surface area contributed by atoms with E-state index in [9.17, 15) is 13.2 Å². The molecule has 0 atom stereocenters. The van der Waals surface area contributed by atoms with Crippen molar-refractivity contribution in [2.75, 3.05) is 36.0 Å². The van der Waals surface area contributed by atoms with E-state index >= 15 is 0 Å². The van der Waals surface area contributed by atoms with Gasteiger partial charge in [-0.2, -0.15) is 18.4 Å². The van der Waals surface area contributed by atoms with Gasteiger partial charge in [0.2, 0.25) is 0 Å². The lowest BCUT2D eigenvalue weighted by Crippen LogP contribution is -2.47. The van der Waals surface area contributed by atoms with Crippen molar-refractivity contribution in [2.24, 2.45) is 0 Å². The van der Waals surface area contributed by atoms with Crippen LogP contribution in [0, 0.1) is 11.3 Å². The molecule has 5 nitrogen and oxygen atoms in total. The minimum atomic E-state index is -4.50. The number of hydrogen-bond donors (Lipinski definition) is 0. The zero-order chi connectivity index (χ0) is 17.2. The second-order valence-electron chi connectivity index (χ2n) is 5.38. The highest BCUT2D eigenvalue weighted by Crippen LogP contribution is 2.37. The Bertz CT molecular complexity index is 747. The third-order valence-corrected chi connectivity index (χ3v) is 3.92. The van der Waals surface area contributed by atoms with Gasteiger partial charge in [0.25, 0.3) is 0 Å². The summed E-state index contributed by atoms with van der Waals surface area (Å²) in [4.78, 5) is 11.9. The van der Waals surface area contributed by atoms with Crippen molar-refractivity contribution in [3.05, 3.63) is 47.9 Å². The Morgan fingerprint density at radius 1 is 1.04 bits per heavy atom. The van der Waals surface area contributed by atoms with Crippen LogP contribution in [0.5, 0.6) is 0 Å². The van der Waals surface area contributed by atoms with E-state index < -0.39 is 11.7 Å². The first-order valence-electron chi connectivity index (χ1n) is 7.36. The Morgan fingerprint density at radius 2 is 1.75 bits per heavy atom. The molecule has 1 aromatic carbocycles. The Labute approximate surface area is 137 Å². The second-order valence-corrected chi connectivity index (χ2v) is 5.38. The maximum Gasteiger partial charge on any atom is 0.418 e. The predicted molar refractivity (Wildman–Crippen MR) is 82.6 cm³/mol. The van der Waals surface area contributed by atoms with Crippen molar-refractivity contribution in [2.45, 2.75) is 6.18 Å². The van der Waals surface area contributed by atoms with Crippen molar-refractivity contribution >= 4 is 11.5 Å². The van der Waals surface area contributed by atoms with E-state index in [2.05, 4.69) is 9.97 Å². The molecule has 24 heavy (non-hydrogen) atoms. The van der Waals surface area contributed by atoms with E-state index in [0.29, 0.717) is 32.0 Å². The van der Waals surface area contributed by atoms with Crippen molar-refractivity contribution in [1.29, 1.82) is 5.26 Å². The van der Waals surface area contributed by atoms with Crippen molar-refractivity contribution in [3.8, 4) is 6.07 Å². The van der Waals surface area contributed by atoms with Crippen LogP contribution in [-0.4, -0.2) is 36.1 Å². The van der Waals surface area contributed by atoms with Crippen LogP contribution < -0.4 is 9.80 Å². The van der Waals surface area contributed by atoms with Crippen molar-refractivity contribution < 1.29 is 13.2 Å². The molecule has 0 amide bonds. The van der Waals surface area contributed by atoms with Gasteiger partial charge in [0, 0.05) is 44.3 Å². The molecule has 0 N–H and O–H groups in total. The summed E-state index contributed by atoms with van der Waals surface area (Å²) in [5.41, 5.74) is -0.654. The lowest BCUT2D eigenvalue weighted by atomic mass is 10.1. The molecule has 0 spiro atoms. The molecule has 1 aliphatic rings. The smallest absolute Gasteiger partial charge is 0.367 e. The lowest BCUT2D eigenvalue weighted by molar-refractivity contribution is -0.137. The van der Waals surface area contributed by atoms with Gasteiger partial charge in [0.1, 0.15) is 5.82 Å². The molecule has 3 rings (SSSR count). The SMILES string of the molecule is N#Cc1ccc(N2CCN(c3cnccn3)CC2)c(C(F)(F)F)c1. The van der Waals surface area contributed by atoms with Crippen LogP contribution in [-0.2, 0) is 6.18 Å². The Kier molecular flexibility index (Phi) is 4.25. The number of aromatic nitrogens is 2. The summed E-state index contributed by atoms with van der Waals surface area (Å²) >= 11 is 0. The molecule has 2 aromatic rings. The van der Waals surface area contributed by atoms with E-state index in [1.54, 1.807) is 29.6 Å². The summed E-state index contributed by atoms with van der Waals surface area (Å²) in [5.74, 6) is 0.716. The zero-order valence-corrected chi connectivity index (χ0v) is 12.7. The summed E-state index contributed by atoms with van der Waals surface area (Å²) in [6.45, 7) is 1.98. The maximum absolute atomic E-state index is 13.3. The van der Waals surface area contributed by atoms with Crippen LogP contribution in [0.1, 0.15) is 11.1 Å². The van der Waals surface area contributed by atoms with Crippen LogP contribution in [0.3, 0.4) is 0 Å². The van der Waals surface area contributed by atoms with Crippen LogP contribution >= 0.6 is 0 Å². The highest BCUT2D eigenvalue weighted by molar-refractivity contribution is 5.59. The minimum absolute atomic E-state index is 0.00395. The Hall–Kier alpha value is -2.82. The molecular formula is C16H14F3N5. The van der Waals surface area contributed by atoms with Gasteiger partial charge in [-0.1, -0.05) is 0 Å². The monoisotopic (exact) mass is 333 g/mol. The molecule has 1 aromatic heterocycles. The molecule has 1 saturated heterocycles. The van der Waals surface area contributed by atoms with E-state index in [1.165, 1.54) is 12.1 Å². The molecule has 1 aliphatic heterocycles. The first-order chi connectivity index (χ1) is 11.5. The number of rotatable bonds is 2. The fourth-order valence-electron chi connectivity index (χ4n) is 2.74. The largest absolute Gasteiger partial charge is 0.418 e. The average molecular weight is 333 g/mol. The fraction of sp³-hybridized carbons (Fsp3) is 0.312. The number of halogens is 3. The molecule has 0 radical (unpaired) electrons. The summed E-state index contributed by atoms with van der Waals surface area (Å²) in [5, 5.41) is 8.84. The number of nitriles is 1. The third kappa shape index (κ3) is 3.25. The second kappa shape index (κ2) is 6.35. The van der Waals surface area contributed by atoms with Crippen LogP contribution in [0.15, 0.2) is 36.8 Å². The van der Waals surface area contributed by atoms with Gasteiger partial charge in [-0.15, -0.1) is 0 Å². The number of anilines is 2. The van der Waals surface area contributed by atoms with Crippen molar-refractivity contribution in [1.82, 2.24) is 9.97 Å². The summed E-state index contributed by atoms with van der Waals surface area (Å²) in [7, 11) is 0. The molecule has 1 fully saturated rings. The molecule has 0 unspecified atom stereocenters. The van der Waals surface area contributed by atoms with Gasteiger partial charge < -0.3 is 9.80 Å².